The monoisotopic (exact) mass is 410 g/mol. The predicted octanol–water partition coefficient (Wildman–Crippen LogP) is 3.25. The molecule has 3 heterocycles. The van der Waals surface area contributed by atoms with Crippen LogP contribution in [0.5, 0.6) is 0 Å². The summed E-state index contributed by atoms with van der Waals surface area (Å²) in [6.45, 7) is 3.15. The Balaban J connectivity index is 1.59. The van der Waals surface area contributed by atoms with E-state index in [0.29, 0.717) is 13.0 Å². The van der Waals surface area contributed by atoms with Crippen molar-refractivity contribution in [1.82, 2.24) is 19.8 Å². The first-order chi connectivity index (χ1) is 14.1. The molecule has 29 heavy (non-hydrogen) atoms. The second kappa shape index (κ2) is 8.37. The van der Waals surface area contributed by atoms with E-state index in [1.165, 1.54) is 11.3 Å². The van der Waals surface area contributed by atoms with Crippen LogP contribution in [-0.2, 0) is 24.2 Å². The van der Waals surface area contributed by atoms with E-state index in [0.717, 1.165) is 52.2 Å². The van der Waals surface area contributed by atoms with Crippen molar-refractivity contribution in [1.29, 1.82) is 0 Å². The first kappa shape index (κ1) is 19.6. The van der Waals surface area contributed by atoms with Crippen LogP contribution >= 0.6 is 11.3 Å². The molecule has 2 amide bonds. The van der Waals surface area contributed by atoms with Crippen molar-refractivity contribution in [2.45, 2.75) is 45.2 Å². The number of carbonyl (C=O) groups is 2. The Morgan fingerprint density at radius 2 is 2.14 bits per heavy atom. The van der Waals surface area contributed by atoms with Crippen LogP contribution < -0.4 is 5.32 Å². The minimum atomic E-state index is -0.0527. The minimum Gasteiger partial charge on any atom is -0.354 e. The smallest absolute Gasteiger partial charge is 0.261 e. The molecular weight excluding hydrogens is 384 g/mol. The van der Waals surface area contributed by atoms with Crippen LogP contribution in [0.1, 0.15) is 40.8 Å². The van der Waals surface area contributed by atoms with E-state index < -0.39 is 0 Å². The van der Waals surface area contributed by atoms with Gasteiger partial charge in [-0.25, -0.2) is 4.98 Å². The number of imidazole rings is 1. The van der Waals surface area contributed by atoms with Gasteiger partial charge in [-0.15, -0.1) is 11.3 Å². The number of aromatic nitrogens is 2. The molecule has 7 heteroatoms. The van der Waals surface area contributed by atoms with E-state index in [1.807, 2.05) is 34.7 Å². The molecule has 1 aliphatic rings. The lowest BCUT2D eigenvalue weighted by molar-refractivity contribution is -0.132. The molecule has 1 fully saturated rings. The highest BCUT2D eigenvalue weighted by atomic mass is 32.1. The molecule has 1 aliphatic heterocycles. The first-order valence-corrected chi connectivity index (χ1v) is 11.0. The maximum atomic E-state index is 13.1. The SMILES string of the molecule is CCc1nccn1CC(=O)N1CCCC1Cc1c(C(=O)NC)sc2ccccc12. The Morgan fingerprint density at radius 3 is 2.93 bits per heavy atom. The zero-order chi connectivity index (χ0) is 20.4. The van der Waals surface area contributed by atoms with Gasteiger partial charge in [0.15, 0.2) is 0 Å². The fraction of sp³-hybridized carbons (Fsp3) is 0.409. The van der Waals surface area contributed by atoms with Crippen molar-refractivity contribution in [2.75, 3.05) is 13.6 Å². The largest absolute Gasteiger partial charge is 0.354 e. The Labute approximate surface area is 174 Å². The Morgan fingerprint density at radius 1 is 1.31 bits per heavy atom. The predicted molar refractivity (Wildman–Crippen MR) is 115 cm³/mol. The maximum Gasteiger partial charge on any atom is 0.261 e. The molecule has 1 saturated heterocycles. The third kappa shape index (κ3) is 3.79. The van der Waals surface area contributed by atoms with Gasteiger partial charge in [-0.2, -0.15) is 0 Å². The normalized spacial score (nSPS) is 16.5. The minimum absolute atomic E-state index is 0.0527. The first-order valence-electron chi connectivity index (χ1n) is 10.1. The molecule has 0 aliphatic carbocycles. The van der Waals surface area contributed by atoms with Crippen molar-refractivity contribution in [3.8, 4) is 0 Å². The highest BCUT2D eigenvalue weighted by molar-refractivity contribution is 7.21. The molecule has 3 aromatic rings. The molecule has 152 valence electrons. The Kier molecular flexibility index (Phi) is 5.67. The zero-order valence-electron chi connectivity index (χ0n) is 16.9. The summed E-state index contributed by atoms with van der Waals surface area (Å²) in [6, 6.07) is 8.26. The second-order valence-corrected chi connectivity index (χ2v) is 8.45. The van der Waals surface area contributed by atoms with Gasteiger partial charge in [0.1, 0.15) is 12.4 Å². The maximum absolute atomic E-state index is 13.1. The van der Waals surface area contributed by atoms with E-state index >= 15 is 0 Å². The lowest BCUT2D eigenvalue weighted by Gasteiger charge is -2.25. The van der Waals surface area contributed by atoms with Crippen LogP contribution in [0.15, 0.2) is 36.7 Å². The second-order valence-electron chi connectivity index (χ2n) is 7.40. The van der Waals surface area contributed by atoms with Crippen molar-refractivity contribution in [2.24, 2.45) is 0 Å². The molecule has 1 N–H and O–H groups in total. The molecule has 0 saturated carbocycles. The van der Waals surface area contributed by atoms with Gasteiger partial charge in [0.2, 0.25) is 5.91 Å². The van der Waals surface area contributed by atoms with Crippen LogP contribution in [0.25, 0.3) is 10.1 Å². The number of aryl methyl sites for hydroxylation is 1. The van der Waals surface area contributed by atoms with Crippen LogP contribution in [0.2, 0.25) is 0 Å². The molecule has 4 rings (SSSR count). The number of rotatable bonds is 6. The number of hydrogen-bond donors (Lipinski definition) is 1. The molecule has 0 spiro atoms. The molecule has 2 aromatic heterocycles. The standard InChI is InChI=1S/C22H26N4O2S/c1-3-19-24-10-12-25(19)14-20(27)26-11-6-7-15(26)13-17-16-8-4-5-9-18(16)29-21(17)22(28)23-2/h4-5,8-10,12,15H,3,6-7,11,13-14H2,1-2H3,(H,23,28). The number of nitrogens with zero attached hydrogens (tertiary/aromatic N) is 3. The molecule has 1 atom stereocenters. The van der Waals surface area contributed by atoms with Gasteiger partial charge in [0.25, 0.3) is 5.91 Å². The highest BCUT2D eigenvalue weighted by Gasteiger charge is 2.31. The zero-order valence-corrected chi connectivity index (χ0v) is 17.7. The summed E-state index contributed by atoms with van der Waals surface area (Å²) >= 11 is 1.53. The number of amides is 2. The van der Waals surface area contributed by atoms with E-state index in [2.05, 4.69) is 22.4 Å². The van der Waals surface area contributed by atoms with Crippen molar-refractivity contribution in [3.05, 3.63) is 52.9 Å². The summed E-state index contributed by atoms with van der Waals surface area (Å²) in [7, 11) is 1.67. The third-order valence-electron chi connectivity index (χ3n) is 5.69. The van der Waals surface area contributed by atoms with E-state index in [4.69, 9.17) is 0 Å². The summed E-state index contributed by atoms with van der Waals surface area (Å²) in [6.07, 6.45) is 7.10. The van der Waals surface area contributed by atoms with E-state index in [-0.39, 0.29) is 17.9 Å². The van der Waals surface area contributed by atoms with Gasteiger partial charge >= 0.3 is 0 Å². The number of nitrogens with one attached hydrogen (secondary N) is 1. The molecule has 1 aromatic carbocycles. The summed E-state index contributed by atoms with van der Waals surface area (Å²) in [5.41, 5.74) is 1.06. The fourth-order valence-electron chi connectivity index (χ4n) is 4.25. The molecular formula is C22H26N4O2S. The number of carbonyl (C=O) groups excluding carboxylic acids is 2. The number of hydrogen-bond acceptors (Lipinski definition) is 4. The number of likely N-dealkylation sites (tertiary alicyclic amines) is 1. The average Bonchev–Trinajstić information content (AvgIpc) is 3.46. The number of benzene rings is 1. The molecule has 1 unspecified atom stereocenters. The summed E-state index contributed by atoms with van der Waals surface area (Å²) < 4.78 is 3.05. The number of fused-ring (bicyclic) bond motifs is 1. The number of thiophene rings is 1. The third-order valence-corrected chi connectivity index (χ3v) is 6.90. The highest BCUT2D eigenvalue weighted by Crippen LogP contribution is 2.34. The van der Waals surface area contributed by atoms with E-state index in [1.54, 1.807) is 13.2 Å². The van der Waals surface area contributed by atoms with Gasteiger partial charge in [0, 0.05) is 43.1 Å². The van der Waals surface area contributed by atoms with Crippen molar-refractivity contribution >= 4 is 33.2 Å². The van der Waals surface area contributed by atoms with Crippen LogP contribution in [-0.4, -0.2) is 45.9 Å². The molecule has 0 radical (unpaired) electrons. The Hall–Kier alpha value is -2.67. The van der Waals surface area contributed by atoms with Crippen LogP contribution in [0, 0.1) is 0 Å². The van der Waals surface area contributed by atoms with Gasteiger partial charge in [-0.1, -0.05) is 25.1 Å². The fourth-order valence-corrected chi connectivity index (χ4v) is 5.42. The molecule has 0 bridgehead atoms. The lowest BCUT2D eigenvalue weighted by atomic mass is 10.0. The van der Waals surface area contributed by atoms with E-state index in [9.17, 15) is 9.59 Å². The van der Waals surface area contributed by atoms with Crippen molar-refractivity contribution < 1.29 is 9.59 Å². The lowest BCUT2D eigenvalue weighted by Crippen LogP contribution is -2.39. The average molecular weight is 411 g/mol. The Bertz CT molecular complexity index is 1040. The van der Waals surface area contributed by atoms with Gasteiger partial charge in [-0.05, 0) is 36.3 Å². The topological polar surface area (TPSA) is 67.2 Å². The summed E-state index contributed by atoms with van der Waals surface area (Å²) in [4.78, 5) is 32.6. The summed E-state index contributed by atoms with van der Waals surface area (Å²) in [5.74, 6) is 1.00. The van der Waals surface area contributed by atoms with Gasteiger partial charge in [-0.3, -0.25) is 9.59 Å². The van der Waals surface area contributed by atoms with Crippen LogP contribution in [0.3, 0.4) is 0 Å². The van der Waals surface area contributed by atoms with Crippen molar-refractivity contribution in [3.63, 3.8) is 0 Å². The quantitative estimate of drug-likeness (QED) is 0.678. The van der Waals surface area contributed by atoms with Crippen LogP contribution in [0.4, 0.5) is 0 Å². The van der Waals surface area contributed by atoms with Gasteiger partial charge < -0.3 is 14.8 Å². The molecule has 6 nitrogen and oxygen atoms in total. The summed E-state index contributed by atoms with van der Waals surface area (Å²) in [5, 5.41) is 3.89. The van der Waals surface area contributed by atoms with Gasteiger partial charge in [0.05, 0.1) is 4.88 Å².